The predicted molar refractivity (Wildman–Crippen MR) is 74.0 cm³/mol. The molecule has 0 unspecified atom stereocenters. The van der Waals surface area contributed by atoms with Gasteiger partial charge in [0.1, 0.15) is 18.1 Å². The van der Waals surface area contributed by atoms with Crippen molar-refractivity contribution < 1.29 is 9.47 Å². The lowest BCUT2D eigenvalue weighted by molar-refractivity contribution is 0.361. The minimum absolute atomic E-state index is 0.557. The Morgan fingerprint density at radius 1 is 0.889 bits per heavy atom. The first-order valence-electron chi connectivity index (χ1n) is 5.87. The van der Waals surface area contributed by atoms with Crippen molar-refractivity contribution >= 4 is 6.08 Å². The van der Waals surface area contributed by atoms with Gasteiger partial charge in [-0.15, -0.1) is 0 Å². The second kappa shape index (κ2) is 6.50. The van der Waals surface area contributed by atoms with E-state index >= 15 is 0 Å². The van der Waals surface area contributed by atoms with Crippen LogP contribution in [-0.2, 0) is 0 Å². The van der Waals surface area contributed by atoms with Gasteiger partial charge in [-0.1, -0.05) is 36.4 Å². The van der Waals surface area contributed by atoms with Gasteiger partial charge in [0, 0.05) is 0 Å². The van der Waals surface area contributed by atoms with Crippen LogP contribution in [0.15, 0.2) is 60.7 Å². The van der Waals surface area contributed by atoms with Gasteiger partial charge < -0.3 is 9.47 Å². The highest BCUT2D eigenvalue weighted by molar-refractivity contribution is 5.48. The summed E-state index contributed by atoms with van der Waals surface area (Å²) in [7, 11) is 1.65. The Morgan fingerprint density at radius 3 is 2.22 bits per heavy atom. The standard InChI is InChI=1S/C16H16O2/c1-17-15-9-11-16(12-10-15)18-13-5-8-14-6-3-2-4-7-14/h2-12H,13H2,1H3/b8-5-. The average molecular weight is 240 g/mol. The van der Waals surface area contributed by atoms with Crippen LogP contribution < -0.4 is 9.47 Å². The van der Waals surface area contributed by atoms with E-state index < -0.39 is 0 Å². The third kappa shape index (κ3) is 3.67. The molecular weight excluding hydrogens is 224 g/mol. The van der Waals surface area contributed by atoms with Gasteiger partial charge in [0.05, 0.1) is 7.11 Å². The molecule has 0 heterocycles. The number of hydrogen-bond donors (Lipinski definition) is 0. The van der Waals surface area contributed by atoms with E-state index in [4.69, 9.17) is 9.47 Å². The molecule has 0 fully saturated rings. The molecule has 2 aromatic carbocycles. The zero-order chi connectivity index (χ0) is 12.6. The highest BCUT2D eigenvalue weighted by Gasteiger charge is 1.93. The van der Waals surface area contributed by atoms with Crippen LogP contribution in [0.1, 0.15) is 5.56 Å². The van der Waals surface area contributed by atoms with Crippen LogP contribution >= 0.6 is 0 Å². The number of rotatable bonds is 5. The van der Waals surface area contributed by atoms with Crippen molar-refractivity contribution in [1.82, 2.24) is 0 Å². The number of methoxy groups -OCH3 is 1. The van der Waals surface area contributed by atoms with Crippen molar-refractivity contribution in [3.05, 3.63) is 66.2 Å². The number of benzene rings is 2. The van der Waals surface area contributed by atoms with Gasteiger partial charge in [-0.25, -0.2) is 0 Å². The Bertz CT molecular complexity index is 486. The lowest BCUT2D eigenvalue weighted by Gasteiger charge is -2.04. The van der Waals surface area contributed by atoms with E-state index in [-0.39, 0.29) is 0 Å². The lowest BCUT2D eigenvalue weighted by Crippen LogP contribution is -1.93. The molecule has 0 amide bonds. The zero-order valence-corrected chi connectivity index (χ0v) is 10.4. The third-order valence-corrected chi connectivity index (χ3v) is 2.52. The van der Waals surface area contributed by atoms with Crippen molar-refractivity contribution in [3.63, 3.8) is 0 Å². The summed E-state index contributed by atoms with van der Waals surface area (Å²) in [6.45, 7) is 0.557. The second-order valence-corrected chi connectivity index (χ2v) is 3.80. The Kier molecular flexibility index (Phi) is 4.42. The van der Waals surface area contributed by atoms with Gasteiger partial charge >= 0.3 is 0 Å². The van der Waals surface area contributed by atoms with Gasteiger partial charge in [-0.3, -0.25) is 0 Å². The van der Waals surface area contributed by atoms with Crippen LogP contribution in [0.25, 0.3) is 6.08 Å². The summed E-state index contributed by atoms with van der Waals surface area (Å²) in [6.07, 6.45) is 4.04. The Balaban J connectivity index is 1.83. The van der Waals surface area contributed by atoms with E-state index in [0.29, 0.717) is 6.61 Å². The zero-order valence-electron chi connectivity index (χ0n) is 10.4. The molecule has 0 saturated heterocycles. The smallest absolute Gasteiger partial charge is 0.120 e. The molecule has 2 rings (SSSR count). The van der Waals surface area contributed by atoms with Crippen LogP contribution in [0.3, 0.4) is 0 Å². The molecule has 0 aliphatic carbocycles. The summed E-state index contributed by atoms with van der Waals surface area (Å²) in [5.41, 5.74) is 1.18. The summed E-state index contributed by atoms with van der Waals surface area (Å²) in [6, 6.07) is 17.7. The largest absolute Gasteiger partial charge is 0.497 e. The highest BCUT2D eigenvalue weighted by Crippen LogP contribution is 2.16. The number of hydrogen-bond acceptors (Lipinski definition) is 2. The van der Waals surface area contributed by atoms with E-state index in [1.54, 1.807) is 7.11 Å². The fourth-order valence-electron chi connectivity index (χ4n) is 1.56. The molecule has 0 atom stereocenters. The molecule has 0 aromatic heterocycles. The van der Waals surface area contributed by atoms with Crippen LogP contribution in [0.5, 0.6) is 11.5 Å². The maximum absolute atomic E-state index is 5.58. The van der Waals surface area contributed by atoms with Crippen LogP contribution in [-0.4, -0.2) is 13.7 Å². The first kappa shape index (κ1) is 12.2. The maximum atomic E-state index is 5.58. The topological polar surface area (TPSA) is 18.5 Å². The van der Waals surface area contributed by atoms with Gasteiger partial charge in [0.15, 0.2) is 0 Å². The molecule has 92 valence electrons. The Hall–Kier alpha value is -2.22. The van der Waals surface area contributed by atoms with Gasteiger partial charge in [0.25, 0.3) is 0 Å². The van der Waals surface area contributed by atoms with Crippen molar-refractivity contribution in [2.45, 2.75) is 0 Å². The summed E-state index contributed by atoms with van der Waals surface area (Å²) >= 11 is 0. The summed E-state index contributed by atoms with van der Waals surface area (Å²) in [5, 5.41) is 0. The fraction of sp³-hybridized carbons (Fsp3) is 0.125. The molecule has 2 nitrogen and oxygen atoms in total. The highest BCUT2D eigenvalue weighted by atomic mass is 16.5. The third-order valence-electron chi connectivity index (χ3n) is 2.52. The molecule has 0 aliphatic rings. The van der Waals surface area contributed by atoms with Crippen LogP contribution in [0.4, 0.5) is 0 Å². The normalized spacial score (nSPS) is 10.5. The van der Waals surface area contributed by atoms with E-state index in [1.165, 1.54) is 5.56 Å². The molecule has 0 aliphatic heterocycles. The summed E-state index contributed by atoms with van der Waals surface area (Å²) in [5.74, 6) is 1.68. The van der Waals surface area contributed by atoms with Gasteiger partial charge in [-0.2, -0.15) is 0 Å². The van der Waals surface area contributed by atoms with Crippen molar-refractivity contribution in [2.24, 2.45) is 0 Å². The van der Waals surface area contributed by atoms with Crippen LogP contribution in [0, 0.1) is 0 Å². The second-order valence-electron chi connectivity index (χ2n) is 3.80. The molecule has 0 radical (unpaired) electrons. The molecule has 2 heteroatoms. The van der Waals surface area contributed by atoms with E-state index in [9.17, 15) is 0 Å². The summed E-state index contributed by atoms with van der Waals surface area (Å²) in [4.78, 5) is 0. The van der Waals surface area contributed by atoms with Gasteiger partial charge in [-0.05, 0) is 35.9 Å². The number of ether oxygens (including phenoxy) is 2. The van der Waals surface area contributed by atoms with Crippen molar-refractivity contribution in [2.75, 3.05) is 13.7 Å². The molecule has 18 heavy (non-hydrogen) atoms. The van der Waals surface area contributed by atoms with E-state index in [2.05, 4.69) is 12.1 Å². The Labute approximate surface area is 107 Å². The van der Waals surface area contributed by atoms with E-state index in [1.807, 2.05) is 54.6 Å². The minimum Gasteiger partial charge on any atom is -0.497 e. The van der Waals surface area contributed by atoms with E-state index in [0.717, 1.165) is 11.5 Å². The monoisotopic (exact) mass is 240 g/mol. The Morgan fingerprint density at radius 2 is 1.56 bits per heavy atom. The predicted octanol–water partition coefficient (Wildman–Crippen LogP) is 3.79. The maximum Gasteiger partial charge on any atom is 0.120 e. The average Bonchev–Trinajstić information content (AvgIpc) is 2.45. The van der Waals surface area contributed by atoms with Crippen molar-refractivity contribution in [3.8, 4) is 11.5 Å². The summed E-state index contributed by atoms with van der Waals surface area (Å²) < 4.78 is 10.7. The lowest BCUT2D eigenvalue weighted by atomic mass is 10.2. The van der Waals surface area contributed by atoms with Gasteiger partial charge in [0.2, 0.25) is 0 Å². The fourth-order valence-corrected chi connectivity index (χ4v) is 1.56. The SMILES string of the molecule is COc1ccc(OC/C=C\c2ccccc2)cc1. The minimum atomic E-state index is 0.557. The quantitative estimate of drug-likeness (QED) is 0.791. The first-order chi connectivity index (χ1) is 8.88. The molecule has 0 saturated carbocycles. The molecule has 2 aromatic rings. The molecule has 0 N–H and O–H groups in total. The first-order valence-corrected chi connectivity index (χ1v) is 5.87. The molecule has 0 spiro atoms. The van der Waals surface area contributed by atoms with Crippen LogP contribution in [0.2, 0.25) is 0 Å². The molecular formula is C16H16O2. The molecule has 0 bridgehead atoms. The van der Waals surface area contributed by atoms with Crippen molar-refractivity contribution in [1.29, 1.82) is 0 Å².